The molecule has 2 N–H and O–H groups in total. The molecule has 0 amide bonds. The minimum atomic E-state index is -0.575. The summed E-state index contributed by atoms with van der Waals surface area (Å²) in [5.74, 6) is 0.576. The number of halogens is 1. The molecule has 2 rings (SSSR count). The van der Waals surface area contributed by atoms with Crippen molar-refractivity contribution in [3.05, 3.63) is 65.0 Å². The van der Waals surface area contributed by atoms with Gasteiger partial charge < -0.3 is 10.5 Å². The lowest BCUT2D eigenvalue weighted by Crippen LogP contribution is -2.35. The highest BCUT2D eigenvalue weighted by Gasteiger charge is 2.23. The van der Waals surface area contributed by atoms with Crippen LogP contribution >= 0.6 is 0 Å². The van der Waals surface area contributed by atoms with Crippen LogP contribution in [0.5, 0.6) is 5.75 Å². The lowest BCUT2D eigenvalue weighted by molar-refractivity contribution is 0.399. The van der Waals surface area contributed by atoms with Crippen LogP contribution in [0.25, 0.3) is 0 Å². The highest BCUT2D eigenvalue weighted by molar-refractivity contribution is 5.39. The zero-order chi connectivity index (χ0) is 14.8. The molecule has 2 aromatic rings. The van der Waals surface area contributed by atoms with Gasteiger partial charge in [-0.3, -0.25) is 0 Å². The predicted octanol–water partition coefficient (Wildman–Crippen LogP) is 3.56. The Labute approximate surface area is 119 Å². The summed E-state index contributed by atoms with van der Waals surface area (Å²) in [6, 6.07) is 12.4. The van der Waals surface area contributed by atoms with E-state index in [1.807, 2.05) is 26.0 Å². The predicted molar refractivity (Wildman–Crippen MR) is 79.4 cm³/mol. The first-order valence-corrected chi connectivity index (χ1v) is 6.61. The monoisotopic (exact) mass is 273 g/mol. The van der Waals surface area contributed by atoms with Crippen LogP contribution in [-0.4, -0.2) is 7.11 Å². The first-order chi connectivity index (χ1) is 9.42. The maximum absolute atomic E-state index is 13.0. The lowest BCUT2D eigenvalue weighted by atomic mass is 9.86. The second-order valence-corrected chi connectivity index (χ2v) is 5.42. The van der Waals surface area contributed by atoms with Crippen molar-refractivity contribution in [3.63, 3.8) is 0 Å². The third-order valence-electron chi connectivity index (χ3n) is 3.50. The molecule has 1 atom stereocenters. The molecule has 0 aliphatic carbocycles. The van der Waals surface area contributed by atoms with Crippen LogP contribution in [0.3, 0.4) is 0 Å². The Kier molecular flexibility index (Phi) is 4.09. The molecular formula is C17H20FNO. The molecule has 0 bridgehead atoms. The molecular weight excluding hydrogens is 253 g/mol. The van der Waals surface area contributed by atoms with Crippen molar-refractivity contribution in [2.24, 2.45) is 5.73 Å². The van der Waals surface area contributed by atoms with Crippen LogP contribution in [0.2, 0.25) is 0 Å². The van der Waals surface area contributed by atoms with Gasteiger partial charge in [0.15, 0.2) is 0 Å². The van der Waals surface area contributed by atoms with Gasteiger partial charge in [-0.15, -0.1) is 0 Å². The summed E-state index contributed by atoms with van der Waals surface area (Å²) in [6.07, 6.45) is 0.628. The van der Waals surface area contributed by atoms with Gasteiger partial charge in [0, 0.05) is 5.54 Å². The molecule has 0 aliphatic rings. The summed E-state index contributed by atoms with van der Waals surface area (Å²) in [4.78, 5) is 0. The van der Waals surface area contributed by atoms with Crippen LogP contribution < -0.4 is 10.5 Å². The van der Waals surface area contributed by atoms with Crippen LogP contribution in [0.15, 0.2) is 42.5 Å². The van der Waals surface area contributed by atoms with Gasteiger partial charge in [-0.05, 0) is 49.6 Å². The van der Waals surface area contributed by atoms with Crippen LogP contribution in [-0.2, 0) is 12.0 Å². The third kappa shape index (κ3) is 3.17. The fourth-order valence-electron chi connectivity index (χ4n) is 2.37. The van der Waals surface area contributed by atoms with E-state index in [1.165, 1.54) is 12.1 Å². The average Bonchev–Trinajstić information content (AvgIpc) is 2.39. The molecule has 0 saturated carbocycles. The zero-order valence-electron chi connectivity index (χ0n) is 12.1. The van der Waals surface area contributed by atoms with Crippen LogP contribution in [0, 0.1) is 12.7 Å². The third-order valence-corrected chi connectivity index (χ3v) is 3.50. The molecule has 0 spiro atoms. The molecule has 0 aromatic heterocycles. The van der Waals surface area contributed by atoms with E-state index in [-0.39, 0.29) is 5.82 Å². The van der Waals surface area contributed by atoms with E-state index >= 15 is 0 Å². The maximum Gasteiger partial charge on any atom is 0.123 e. The fraction of sp³-hybridized carbons (Fsp3) is 0.294. The lowest BCUT2D eigenvalue weighted by Gasteiger charge is -2.26. The number of hydrogen-bond donors (Lipinski definition) is 1. The SMILES string of the molecule is COc1ccc(C)cc1CC(C)(N)c1ccc(F)cc1. The van der Waals surface area contributed by atoms with Gasteiger partial charge in [0.2, 0.25) is 0 Å². The molecule has 0 fully saturated rings. The quantitative estimate of drug-likeness (QED) is 0.924. The molecule has 2 aromatic carbocycles. The van der Waals surface area contributed by atoms with Crippen LogP contribution in [0.4, 0.5) is 4.39 Å². The van der Waals surface area contributed by atoms with E-state index < -0.39 is 5.54 Å². The standard InChI is InChI=1S/C17H20FNO/c1-12-4-9-16(20-3)13(10-12)11-17(2,19)14-5-7-15(18)8-6-14/h4-10H,11,19H2,1-3H3. The number of aryl methyl sites for hydroxylation is 1. The molecule has 3 heteroatoms. The van der Waals surface area contributed by atoms with E-state index in [0.29, 0.717) is 6.42 Å². The number of ether oxygens (including phenoxy) is 1. The van der Waals surface area contributed by atoms with Gasteiger partial charge >= 0.3 is 0 Å². The first kappa shape index (κ1) is 14.5. The minimum Gasteiger partial charge on any atom is -0.496 e. The summed E-state index contributed by atoms with van der Waals surface area (Å²) >= 11 is 0. The van der Waals surface area contributed by atoms with Crippen molar-refractivity contribution in [1.29, 1.82) is 0 Å². The molecule has 1 unspecified atom stereocenters. The Bertz CT molecular complexity index is 590. The van der Waals surface area contributed by atoms with E-state index in [4.69, 9.17) is 10.5 Å². The number of hydrogen-bond acceptors (Lipinski definition) is 2. The summed E-state index contributed by atoms with van der Waals surface area (Å²) in [5, 5.41) is 0. The van der Waals surface area contributed by atoms with Gasteiger partial charge in [-0.2, -0.15) is 0 Å². The van der Waals surface area contributed by atoms with Gasteiger partial charge in [0.1, 0.15) is 11.6 Å². The smallest absolute Gasteiger partial charge is 0.123 e. The normalized spacial score (nSPS) is 13.8. The van der Waals surface area contributed by atoms with Gasteiger partial charge in [0.05, 0.1) is 7.11 Å². The second kappa shape index (κ2) is 5.63. The first-order valence-electron chi connectivity index (χ1n) is 6.61. The topological polar surface area (TPSA) is 35.2 Å². The van der Waals surface area contributed by atoms with Gasteiger partial charge in [0.25, 0.3) is 0 Å². The minimum absolute atomic E-state index is 0.252. The van der Waals surface area contributed by atoms with E-state index in [9.17, 15) is 4.39 Å². The van der Waals surface area contributed by atoms with Crippen LogP contribution in [0.1, 0.15) is 23.6 Å². The number of benzene rings is 2. The molecule has 0 aliphatic heterocycles. The number of methoxy groups -OCH3 is 1. The highest BCUT2D eigenvalue weighted by atomic mass is 19.1. The molecule has 0 heterocycles. The van der Waals surface area contributed by atoms with E-state index in [0.717, 1.165) is 22.4 Å². The van der Waals surface area contributed by atoms with Crippen molar-refractivity contribution in [1.82, 2.24) is 0 Å². The number of nitrogens with two attached hydrogens (primary N) is 1. The van der Waals surface area contributed by atoms with Gasteiger partial charge in [-0.1, -0.05) is 29.8 Å². The van der Waals surface area contributed by atoms with Gasteiger partial charge in [-0.25, -0.2) is 4.39 Å². The van der Waals surface area contributed by atoms with E-state index in [2.05, 4.69) is 6.07 Å². The molecule has 106 valence electrons. The Morgan fingerprint density at radius 1 is 1.15 bits per heavy atom. The maximum atomic E-state index is 13.0. The molecule has 2 nitrogen and oxygen atoms in total. The Morgan fingerprint density at radius 2 is 1.80 bits per heavy atom. The Morgan fingerprint density at radius 3 is 2.40 bits per heavy atom. The summed E-state index contributed by atoms with van der Waals surface area (Å²) in [7, 11) is 1.65. The molecule has 20 heavy (non-hydrogen) atoms. The van der Waals surface area contributed by atoms with Crippen molar-refractivity contribution in [3.8, 4) is 5.75 Å². The Balaban J connectivity index is 2.32. The van der Waals surface area contributed by atoms with Crippen molar-refractivity contribution in [2.45, 2.75) is 25.8 Å². The second-order valence-electron chi connectivity index (χ2n) is 5.42. The average molecular weight is 273 g/mol. The number of rotatable bonds is 4. The van der Waals surface area contributed by atoms with Crippen molar-refractivity contribution >= 4 is 0 Å². The largest absolute Gasteiger partial charge is 0.496 e. The van der Waals surface area contributed by atoms with Crippen molar-refractivity contribution in [2.75, 3.05) is 7.11 Å². The van der Waals surface area contributed by atoms with E-state index in [1.54, 1.807) is 19.2 Å². The summed E-state index contributed by atoms with van der Waals surface area (Å²) in [6.45, 7) is 3.98. The summed E-state index contributed by atoms with van der Waals surface area (Å²) < 4.78 is 18.4. The zero-order valence-corrected chi connectivity index (χ0v) is 12.1. The highest BCUT2D eigenvalue weighted by Crippen LogP contribution is 2.28. The van der Waals surface area contributed by atoms with Crippen molar-refractivity contribution < 1.29 is 9.13 Å². The fourth-order valence-corrected chi connectivity index (χ4v) is 2.37. The molecule has 0 saturated heterocycles. The Hall–Kier alpha value is -1.87. The molecule has 0 radical (unpaired) electrons. The summed E-state index contributed by atoms with van der Waals surface area (Å²) in [5.41, 5.74) is 8.97.